The lowest BCUT2D eigenvalue weighted by Crippen LogP contribution is -1.81. The van der Waals surface area contributed by atoms with Crippen molar-refractivity contribution in [2.45, 2.75) is 41.0 Å². The van der Waals surface area contributed by atoms with Crippen LogP contribution in [-0.2, 0) is 0 Å². The lowest BCUT2D eigenvalue weighted by molar-refractivity contribution is 1.11. The number of rotatable bonds is 3. The Morgan fingerprint density at radius 2 is 1.58 bits per heavy atom. The van der Waals surface area contributed by atoms with E-state index < -0.39 is 0 Å². The molecule has 0 saturated carbocycles. The topological polar surface area (TPSA) is 0 Å². The molecule has 0 N–H and O–H groups in total. The predicted molar refractivity (Wildman–Crippen MR) is 57.2 cm³/mol. The molecular weight excluding hydrogens is 144 g/mol. The van der Waals surface area contributed by atoms with E-state index in [4.69, 9.17) is 0 Å². The molecule has 0 aromatic heterocycles. The molecule has 0 heterocycles. The lowest BCUT2D eigenvalue weighted by atomic mass is 10.1. The summed E-state index contributed by atoms with van der Waals surface area (Å²) in [5, 5.41) is 0. The summed E-state index contributed by atoms with van der Waals surface area (Å²) in [6.07, 6.45) is 3.30. The monoisotopic (exact) mass is 164 g/mol. The van der Waals surface area contributed by atoms with E-state index >= 15 is 0 Å². The summed E-state index contributed by atoms with van der Waals surface area (Å²) in [5.74, 6) is 0. The quantitative estimate of drug-likeness (QED) is 0.432. The van der Waals surface area contributed by atoms with Gasteiger partial charge in [-0.15, -0.1) is 0 Å². The second-order valence-electron chi connectivity index (χ2n) is 3.65. The van der Waals surface area contributed by atoms with E-state index in [1.165, 1.54) is 16.7 Å². The van der Waals surface area contributed by atoms with Gasteiger partial charge in [-0.3, -0.25) is 0 Å². The lowest BCUT2D eigenvalue weighted by Gasteiger charge is -2.01. The van der Waals surface area contributed by atoms with Gasteiger partial charge in [0.05, 0.1) is 0 Å². The summed E-state index contributed by atoms with van der Waals surface area (Å²) in [6, 6.07) is 0. The van der Waals surface area contributed by atoms with Crippen LogP contribution in [0.3, 0.4) is 0 Å². The van der Waals surface area contributed by atoms with Gasteiger partial charge in [0.1, 0.15) is 0 Å². The Labute approximate surface area is 76.7 Å². The van der Waals surface area contributed by atoms with Crippen LogP contribution in [0.4, 0.5) is 0 Å². The molecule has 0 bridgehead atoms. The van der Waals surface area contributed by atoms with Crippen molar-refractivity contribution in [2.75, 3.05) is 0 Å². The molecule has 0 aromatic rings. The van der Waals surface area contributed by atoms with Crippen molar-refractivity contribution in [3.8, 4) is 0 Å². The minimum Gasteiger partial charge on any atom is -0.0959 e. The van der Waals surface area contributed by atoms with E-state index in [9.17, 15) is 0 Å². The third kappa shape index (κ3) is 4.17. The molecule has 0 unspecified atom stereocenters. The standard InChI is InChI=1S/C12H20/c1-9(2)11(5)7-8-12(6)10(3)4/h7H,1,8H2,2-6H3/b11-7+. The van der Waals surface area contributed by atoms with Crippen molar-refractivity contribution in [2.24, 2.45) is 0 Å². The zero-order valence-corrected chi connectivity index (χ0v) is 8.99. The van der Waals surface area contributed by atoms with Crippen LogP contribution in [0.25, 0.3) is 0 Å². The largest absolute Gasteiger partial charge is 0.0959 e. The predicted octanol–water partition coefficient (Wildman–Crippen LogP) is 4.26. The molecule has 0 radical (unpaired) electrons. The smallest absolute Gasteiger partial charge is 0.0133 e. The first-order valence-electron chi connectivity index (χ1n) is 4.40. The molecule has 0 saturated heterocycles. The summed E-state index contributed by atoms with van der Waals surface area (Å²) in [5.41, 5.74) is 5.34. The van der Waals surface area contributed by atoms with E-state index in [0.717, 1.165) is 12.0 Å². The maximum atomic E-state index is 3.89. The summed E-state index contributed by atoms with van der Waals surface area (Å²) in [7, 11) is 0. The van der Waals surface area contributed by atoms with Crippen molar-refractivity contribution in [1.29, 1.82) is 0 Å². The van der Waals surface area contributed by atoms with Crippen LogP contribution in [0.15, 0.2) is 34.9 Å². The van der Waals surface area contributed by atoms with Crippen molar-refractivity contribution in [1.82, 2.24) is 0 Å². The van der Waals surface area contributed by atoms with Crippen LogP contribution >= 0.6 is 0 Å². The SMILES string of the molecule is C=C(C)/C(C)=C/CC(C)=C(C)C. The van der Waals surface area contributed by atoms with Gasteiger partial charge < -0.3 is 0 Å². The molecule has 0 aliphatic rings. The molecule has 0 aliphatic carbocycles. The summed E-state index contributed by atoms with van der Waals surface area (Å²) in [6.45, 7) is 14.5. The fourth-order valence-corrected chi connectivity index (χ4v) is 0.685. The van der Waals surface area contributed by atoms with Gasteiger partial charge in [-0.2, -0.15) is 0 Å². The van der Waals surface area contributed by atoms with E-state index in [0.29, 0.717) is 0 Å². The van der Waals surface area contributed by atoms with E-state index in [-0.39, 0.29) is 0 Å². The molecule has 0 fully saturated rings. The van der Waals surface area contributed by atoms with Crippen molar-refractivity contribution in [3.63, 3.8) is 0 Å². The second-order valence-corrected chi connectivity index (χ2v) is 3.65. The van der Waals surface area contributed by atoms with Crippen LogP contribution in [0.2, 0.25) is 0 Å². The third-order valence-electron chi connectivity index (χ3n) is 2.24. The Balaban J connectivity index is 4.24. The molecule has 0 atom stereocenters. The number of hydrogen-bond donors (Lipinski definition) is 0. The van der Waals surface area contributed by atoms with Crippen molar-refractivity contribution >= 4 is 0 Å². The van der Waals surface area contributed by atoms with E-state index in [1.807, 2.05) is 6.92 Å². The van der Waals surface area contributed by atoms with Gasteiger partial charge in [0, 0.05) is 0 Å². The van der Waals surface area contributed by atoms with Gasteiger partial charge in [0.15, 0.2) is 0 Å². The summed E-state index contributed by atoms with van der Waals surface area (Å²) >= 11 is 0. The molecule has 68 valence electrons. The molecule has 0 spiro atoms. The van der Waals surface area contributed by atoms with Crippen LogP contribution in [0.1, 0.15) is 41.0 Å². The number of hydrogen-bond acceptors (Lipinski definition) is 0. The highest BCUT2D eigenvalue weighted by molar-refractivity contribution is 5.25. The molecule has 12 heavy (non-hydrogen) atoms. The molecule has 0 aliphatic heterocycles. The first-order valence-corrected chi connectivity index (χ1v) is 4.40. The third-order valence-corrected chi connectivity index (χ3v) is 2.24. The average molecular weight is 164 g/mol. The first-order chi connectivity index (χ1) is 5.45. The van der Waals surface area contributed by atoms with E-state index in [2.05, 4.69) is 40.3 Å². The van der Waals surface area contributed by atoms with Crippen LogP contribution < -0.4 is 0 Å². The Bertz CT molecular complexity index is 222. The number of allylic oxidation sites excluding steroid dienone is 5. The molecule has 0 heteroatoms. The minimum atomic E-state index is 1.06. The van der Waals surface area contributed by atoms with Gasteiger partial charge >= 0.3 is 0 Å². The van der Waals surface area contributed by atoms with Crippen LogP contribution in [-0.4, -0.2) is 0 Å². The highest BCUT2D eigenvalue weighted by atomic mass is 14.0. The Kier molecular flexibility index (Phi) is 4.65. The fourth-order valence-electron chi connectivity index (χ4n) is 0.685. The highest BCUT2D eigenvalue weighted by Crippen LogP contribution is 2.12. The van der Waals surface area contributed by atoms with Crippen LogP contribution in [0, 0.1) is 0 Å². The van der Waals surface area contributed by atoms with Gasteiger partial charge in [0.2, 0.25) is 0 Å². The molecular formula is C12H20. The van der Waals surface area contributed by atoms with Gasteiger partial charge in [0.25, 0.3) is 0 Å². The average Bonchev–Trinajstić information content (AvgIpc) is 1.98. The normalized spacial score (nSPS) is 11.2. The van der Waals surface area contributed by atoms with Crippen molar-refractivity contribution < 1.29 is 0 Å². The second kappa shape index (κ2) is 4.97. The molecule has 0 rings (SSSR count). The van der Waals surface area contributed by atoms with Gasteiger partial charge in [-0.05, 0) is 41.0 Å². The minimum absolute atomic E-state index is 1.06. The summed E-state index contributed by atoms with van der Waals surface area (Å²) < 4.78 is 0. The molecule has 0 amide bonds. The first kappa shape index (κ1) is 11.2. The molecule has 0 nitrogen and oxygen atoms in total. The summed E-state index contributed by atoms with van der Waals surface area (Å²) in [4.78, 5) is 0. The van der Waals surface area contributed by atoms with Crippen molar-refractivity contribution in [3.05, 3.63) is 34.9 Å². The Morgan fingerprint density at radius 1 is 1.08 bits per heavy atom. The van der Waals surface area contributed by atoms with Crippen LogP contribution in [0.5, 0.6) is 0 Å². The Hall–Kier alpha value is -0.780. The highest BCUT2D eigenvalue weighted by Gasteiger charge is 1.91. The van der Waals surface area contributed by atoms with Gasteiger partial charge in [-0.25, -0.2) is 0 Å². The Morgan fingerprint density at radius 3 is 1.92 bits per heavy atom. The fraction of sp³-hybridized carbons (Fsp3) is 0.500. The zero-order chi connectivity index (χ0) is 9.72. The maximum absolute atomic E-state index is 3.89. The van der Waals surface area contributed by atoms with Gasteiger partial charge in [-0.1, -0.05) is 34.9 Å². The van der Waals surface area contributed by atoms with E-state index in [1.54, 1.807) is 0 Å². The zero-order valence-electron chi connectivity index (χ0n) is 8.99. The molecule has 0 aromatic carbocycles. The maximum Gasteiger partial charge on any atom is -0.0133 e.